The summed E-state index contributed by atoms with van der Waals surface area (Å²) in [7, 11) is 0. The molecule has 4 nitrogen and oxygen atoms in total. The van der Waals surface area contributed by atoms with Gasteiger partial charge in [0.25, 0.3) is 5.88 Å². The number of halogens is 5. The normalized spacial score (nSPS) is 11.6. The third-order valence-corrected chi connectivity index (χ3v) is 1.83. The number of nitrogens with zero attached hydrogens (tertiary/aromatic N) is 3. The zero-order valence-electron chi connectivity index (χ0n) is 7.76. The van der Waals surface area contributed by atoms with Gasteiger partial charge in [0.15, 0.2) is 0 Å². The van der Waals surface area contributed by atoms with Crippen molar-refractivity contribution in [3.05, 3.63) is 10.4 Å². The summed E-state index contributed by atoms with van der Waals surface area (Å²) < 4.78 is 40.2. The second-order valence-electron chi connectivity index (χ2n) is 2.74. The van der Waals surface area contributed by atoms with E-state index in [0.717, 1.165) is 0 Å². The van der Waals surface area contributed by atoms with Crippen LogP contribution in [0.3, 0.4) is 0 Å². The van der Waals surface area contributed by atoms with Crippen molar-refractivity contribution in [2.45, 2.75) is 19.0 Å². The van der Waals surface area contributed by atoms with E-state index in [1.54, 1.807) is 0 Å². The fourth-order valence-corrected chi connectivity index (χ4v) is 1.06. The number of hydrogen-bond donors (Lipinski definition) is 0. The van der Waals surface area contributed by atoms with Crippen LogP contribution in [0.5, 0.6) is 5.88 Å². The van der Waals surface area contributed by atoms with Crippen molar-refractivity contribution in [2.24, 2.45) is 0 Å². The first kappa shape index (κ1) is 13.2. The lowest BCUT2D eigenvalue weighted by Gasteiger charge is -2.07. The van der Waals surface area contributed by atoms with E-state index in [-0.39, 0.29) is 29.3 Å². The molecule has 0 aromatic carbocycles. The van der Waals surface area contributed by atoms with Crippen LogP contribution in [0.15, 0.2) is 0 Å². The lowest BCUT2D eigenvalue weighted by atomic mass is 10.3. The van der Waals surface area contributed by atoms with Crippen LogP contribution >= 0.6 is 23.2 Å². The molecule has 16 heavy (non-hydrogen) atoms. The van der Waals surface area contributed by atoms with E-state index in [9.17, 15) is 13.2 Å². The summed E-state index contributed by atoms with van der Waals surface area (Å²) in [4.78, 5) is 3.56. The van der Waals surface area contributed by atoms with Crippen molar-refractivity contribution in [3.63, 3.8) is 0 Å². The molecule has 0 N–H and O–H groups in total. The molecule has 0 aliphatic carbocycles. The molecule has 0 amide bonds. The topological polar surface area (TPSA) is 47.9 Å². The Morgan fingerprint density at radius 2 is 1.88 bits per heavy atom. The highest BCUT2D eigenvalue weighted by molar-refractivity contribution is 6.31. The molecule has 1 heterocycles. The number of ether oxygens (including phenoxy) is 1. The van der Waals surface area contributed by atoms with Gasteiger partial charge >= 0.3 is 6.18 Å². The van der Waals surface area contributed by atoms with Gasteiger partial charge in [0.1, 0.15) is 0 Å². The van der Waals surface area contributed by atoms with E-state index in [0.29, 0.717) is 0 Å². The number of hydrogen-bond acceptors (Lipinski definition) is 4. The van der Waals surface area contributed by atoms with E-state index < -0.39 is 12.6 Å². The molecule has 0 fully saturated rings. The van der Waals surface area contributed by atoms with Crippen molar-refractivity contribution < 1.29 is 17.9 Å². The second-order valence-corrected chi connectivity index (χ2v) is 3.44. The summed E-state index contributed by atoms with van der Waals surface area (Å²) in [5, 5.41) is 6.37. The van der Waals surface area contributed by atoms with Crippen LogP contribution in [-0.4, -0.2) is 28.0 Å². The van der Waals surface area contributed by atoms with Crippen molar-refractivity contribution in [2.75, 3.05) is 6.61 Å². The molecule has 9 heteroatoms. The molecule has 0 saturated carbocycles. The molecule has 0 aliphatic rings. The minimum atomic E-state index is -4.20. The van der Waals surface area contributed by atoms with Gasteiger partial charge in [-0.2, -0.15) is 18.2 Å². The fourth-order valence-electron chi connectivity index (χ4n) is 0.813. The largest absolute Gasteiger partial charge is 0.475 e. The lowest BCUT2D eigenvalue weighted by molar-refractivity contribution is -0.136. The molecule has 1 rings (SSSR count). The highest BCUT2D eigenvalue weighted by atomic mass is 35.5. The summed E-state index contributed by atoms with van der Waals surface area (Å²) in [5.74, 6) is -0.121. The van der Waals surface area contributed by atoms with Crippen molar-refractivity contribution in [1.82, 2.24) is 15.2 Å². The Morgan fingerprint density at radius 1 is 1.19 bits per heavy atom. The van der Waals surface area contributed by atoms with Crippen molar-refractivity contribution in [1.29, 1.82) is 0 Å². The first-order valence-electron chi connectivity index (χ1n) is 4.14. The SMILES string of the molecule is FC(F)(F)CCCOc1nc(Cl)nnc1Cl. The summed E-state index contributed by atoms with van der Waals surface area (Å²) in [6.45, 7) is -0.172. The molecule has 0 atom stereocenters. The Labute approximate surface area is 98.7 Å². The van der Waals surface area contributed by atoms with Crippen molar-refractivity contribution >= 4 is 23.2 Å². The first-order chi connectivity index (χ1) is 7.38. The van der Waals surface area contributed by atoms with E-state index >= 15 is 0 Å². The number of rotatable bonds is 4. The summed E-state index contributed by atoms with van der Waals surface area (Å²) >= 11 is 10.9. The van der Waals surface area contributed by atoms with E-state index in [1.165, 1.54) is 0 Å². The van der Waals surface area contributed by atoms with E-state index in [2.05, 4.69) is 15.2 Å². The van der Waals surface area contributed by atoms with Crippen LogP contribution < -0.4 is 4.74 Å². The minimum absolute atomic E-state index is 0.121. The summed E-state index contributed by atoms with van der Waals surface area (Å²) in [5.41, 5.74) is 0. The predicted octanol–water partition coefficient (Wildman–Crippen LogP) is 2.90. The highest BCUT2D eigenvalue weighted by Crippen LogP contribution is 2.23. The molecule has 1 aromatic rings. The third kappa shape index (κ3) is 4.80. The Morgan fingerprint density at radius 3 is 2.50 bits per heavy atom. The van der Waals surface area contributed by atoms with Gasteiger partial charge in [0.05, 0.1) is 6.61 Å². The quantitative estimate of drug-likeness (QED) is 0.793. The standard InChI is InChI=1S/C7H6Cl2F3N3O/c8-4-5(13-6(9)15-14-4)16-3-1-2-7(10,11)12/h1-3H2. The average molecular weight is 276 g/mol. The maximum Gasteiger partial charge on any atom is 0.389 e. The van der Waals surface area contributed by atoms with Crippen LogP contribution in [0.4, 0.5) is 13.2 Å². The Balaban J connectivity index is 2.40. The van der Waals surface area contributed by atoms with Gasteiger partial charge in [-0.25, -0.2) is 0 Å². The molecular formula is C7H6Cl2F3N3O. The van der Waals surface area contributed by atoms with Gasteiger partial charge in [-0.1, -0.05) is 11.6 Å². The molecule has 0 bridgehead atoms. The van der Waals surface area contributed by atoms with Gasteiger partial charge in [0, 0.05) is 6.42 Å². The van der Waals surface area contributed by atoms with Crippen LogP contribution in [0, 0.1) is 0 Å². The minimum Gasteiger partial charge on any atom is -0.475 e. The lowest BCUT2D eigenvalue weighted by Crippen LogP contribution is -2.10. The fraction of sp³-hybridized carbons (Fsp3) is 0.571. The third-order valence-electron chi connectivity index (χ3n) is 1.43. The van der Waals surface area contributed by atoms with E-state index in [4.69, 9.17) is 27.9 Å². The molecule has 0 aliphatic heterocycles. The van der Waals surface area contributed by atoms with E-state index in [1.807, 2.05) is 0 Å². The smallest absolute Gasteiger partial charge is 0.389 e. The molecule has 0 spiro atoms. The molecule has 0 unspecified atom stereocenters. The zero-order chi connectivity index (χ0) is 12.2. The Kier molecular flexibility index (Phi) is 4.55. The molecule has 90 valence electrons. The Bertz CT molecular complexity index is 361. The Hall–Kier alpha value is -0.820. The first-order valence-corrected chi connectivity index (χ1v) is 4.89. The monoisotopic (exact) mass is 275 g/mol. The van der Waals surface area contributed by atoms with Crippen LogP contribution in [0.1, 0.15) is 12.8 Å². The molecule has 1 aromatic heterocycles. The molecule has 0 radical (unpaired) electrons. The average Bonchev–Trinajstić information content (AvgIpc) is 2.16. The van der Waals surface area contributed by atoms with Gasteiger partial charge in [-0.15, -0.1) is 10.2 Å². The van der Waals surface area contributed by atoms with Crippen LogP contribution in [0.25, 0.3) is 0 Å². The maximum absolute atomic E-state index is 11.8. The van der Waals surface area contributed by atoms with Gasteiger partial charge < -0.3 is 4.74 Å². The van der Waals surface area contributed by atoms with Crippen molar-refractivity contribution in [3.8, 4) is 5.88 Å². The summed E-state index contributed by atoms with van der Waals surface area (Å²) in [6, 6.07) is 0. The second kappa shape index (κ2) is 5.49. The van der Waals surface area contributed by atoms with Gasteiger partial charge in [-0.3, -0.25) is 0 Å². The molecule has 0 saturated heterocycles. The number of alkyl halides is 3. The van der Waals surface area contributed by atoms with Gasteiger partial charge in [0.2, 0.25) is 10.4 Å². The number of aromatic nitrogens is 3. The molecular weight excluding hydrogens is 270 g/mol. The predicted molar refractivity (Wildman–Crippen MR) is 50.6 cm³/mol. The summed E-state index contributed by atoms with van der Waals surface area (Å²) in [6.07, 6.45) is -5.33. The van der Waals surface area contributed by atoms with Crippen LogP contribution in [-0.2, 0) is 0 Å². The van der Waals surface area contributed by atoms with Gasteiger partial charge in [-0.05, 0) is 18.0 Å². The zero-order valence-corrected chi connectivity index (χ0v) is 9.27. The highest BCUT2D eigenvalue weighted by Gasteiger charge is 2.26. The maximum atomic E-state index is 11.8. The van der Waals surface area contributed by atoms with Crippen LogP contribution in [0.2, 0.25) is 10.4 Å².